The van der Waals surface area contributed by atoms with Crippen LogP contribution in [-0.2, 0) is 21.2 Å². The lowest BCUT2D eigenvalue weighted by atomic mass is 10.0. The third kappa shape index (κ3) is 4.46. The number of nitro benzene ring substituents is 1. The molecule has 2 aromatic rings. The molecule has 0 saturated carbocycles. The first-order chi connectivity index (χ1) is 11.3. The van der Waals surface area contributed by atoms with Crippen LogP contribution in [0.4, 0.5) is 5.69 Å². The van der Waals surface area contributed by atoms with Gasteiger partial charge in [0.05, 0.1) is 15.9 Å². The summed E-state index contributed by atoms with van der Waals surface area (Å²) < 4.78 is 27.1. The molecule has 0 aliphatic carbocycles. The summed E-state index contributed by atoms with van der Waals surface area (Å²) >= 11 is 0. The first kappa shape index (κ1) is 17.8. The van der Waals surface area contributed by atoms with Crippen molar-refractivity contribution in [3.8, 4) is 0 Å². The van der Waals surface area contributed by atoms with E-state index in [9.17, 15) is 23.3 Å². The van der Waals surface area contributed by atoms with Crippen LogP contribution in [0.1, 0.15) is 12.5 Å². The second kappa shape index (κ2) is 7.33. The molecule has 1 N–H and O–H groups in total. The molecule has 0 unspecified atom stereocenters. The molecule has 0 heterocycles. The summed E-state index contributed by atoms with van der Waals surface area (Å²) in [7, 11) is -3.96. The molecule has 8 heteroatoms. The van der Waals surface area contributed by atoms with E-state index in [1.807, 2.05) is 6.07 Å². The van der Waals surface area contributed by atoms with Crippen molar-refractivity contribution in [1.29, 1.82) is 0 Å². The molecular formula is C16H16N2O5S. The Labute approximate surface area is 139 Å². The van der Waals surface area contributed by atoms with E-state index >= 15 is 0 Å². The van der Waals surface area contributed by atoms with Crippen molar-refractivity contribution in [2.75, 3.05) is 0 Å². The van der Waals surface area contributed by atoms with Crippen molar-refractivity contribution in [1.82, 2.24) is 4.72 Å². The number of rotatable bonds is 7. The summed E-state index contributed by atoms with van der Waals surface area (Å²) in [4.78, 5) is 21.7. The van der Waals surface area contributed by atoms with Crippen LogP contribution in [0.2, 0.25) is 0 Å². The summed E-state index contributed by atoms with van der Waals surface area (Å²) in [6.45, 7) is 1.31. The Morgan fingerprint density at radius 3 is 2.21 bits per heavy atom. The molecule has 24 heavy (non-hydrogen) atoms. The number of carbonyl (C=O) groups excluding carboxylic acids is 1. The van der Waals surface area contributed by atoms with Gasteiger partial charge in [-0.2, -0.15) is 0 Å². The number of nitro groups is 1. The first-order valence-electron chi connectivity index (χ1n) is 7.11. The van der Waals surface area contributed by atoms with Crippen molar-refractivity contribution in [3.63, 3.8) is 0 Å². The number of hydrogen-bond acceptors (Lipinski definition) is 5. The van der Waals surface area contributed by atoms with Gasteiger partial charge in [-0.25, -0.2) is 13.1 Å². The van der Waals surface area contributed by atoms with Crippen molar-refractivity contribution >= 4 is 21.5 Å². The van der Waals surface area contributed by atoms with Crippen LogP contribution in [0, 0.1) is 10.1 Å². The van der Waals surface area contributed by atoms with E-state index in [2.05, 4.69) is 4.72 Å². The zero-order valence-electron chi connectivity index (χ0n) is 12.9. The molecule has 2 aromatic carbocycles. The minimum atomic E-state index is -3.96. The minimum absolute atomic E-state index is 0.132. The topological polar surface area (TPSA) is 106 Å². The Balaban J connectivity index is 2.21. The molecule has 1 atom stereocenters. The third-order valence-electron chi connectivity index (χ3n) is 3.43. The maximum Gasteiger partial charge on any atom is 0.269 e. The Kier molecular flexibility index (Phi) is 5.42. The number of nitrogens with one attached hydrogen (secondary N) is 1. The van der Waals surface area contributed by atoms with E-state index in [-0.39, 0.29) is 22.8 Å². The van der Waals surface area contributed by atoms with Gasteiger partial charge in [-0.05, 0) is 31.0 Å². The number of non-ortho nitro benzene ring substituents is 1. The number of Topliss-reactive ketones (excluding diaryl/α,β-unsaturated/α-hetero) is 1. The molecular weight excluding hydrogens is 332 g/mol. The summed E-state index contributed by atoms with van der Waals surface area (Å²) in [5.74, 6) is -0.315. The van der Waals surface area contributed by atoms with E-state index in [0.717, 1.165) is 29.8 Å². The monoisotopic (exact) mass is 348 g/mol. The lowest BCUT2D eigenvalue weighted by Gasteiger charge is -2.16. The molecule has 0 radical (unpaired) electrons. The molecule has 0 amide bonds. The van der Waals surface area contributed by atoms with Crippen LogP contribution >= 0.6 is 0 Å². The van der Waals surface area contributed by atoms with Crippen molar-refractivity contribution < 1.29 is 18.1 Å². The van der Waals surface area contributed by atoms with Crippen molar-refractivity contribution in [2.24, 2.45) is 0 Å². The van der Waals surface area contributed by atoms with Gasteiger partial charge in [0.15, 0.2) is 0 Å². The molecule has 0 aliphatic rings. The van der Waals surface area contributed by atoms with Gasteiger partial charge in [0.1, 0.15) is 5.78 Å². The fraction of sp³-hybridized carbons (Fsp3) is 0.188. The molecule has 2 rings (SSSR count). The summed E-state index contributed by atoms with van der Waals surface area (Å²) in [6, 6.07) is 12.6. The zero-order valence-corrected chi connectivity index (χ0v) is 13.7. The predicted octanol–water partition coefficient (Wildman–Crippen LogP) is 2.07. The highest BCUT2D eigenvalue weighted by molar-refractivity contribution is 7.89. The van der Waals surface area contributed by atoms with Gasteiger partial charge in [0.2, 0.25) is 10.0 Å². The average molecular weight is 348 g/mol. The number of ketones is 1. The van der Waals surface area contributed by atoms with Crippen LogP contribution in [0.3, 0.4) is 0 Å². The molecule has 0 saturated heterocycles. The van der Waals surface area contributed by atoms with Crippen molar-refractivity contribution in [2.45, 2.75) is 24.3 Å². The zero-order chi connectivity index (χ0) is 17.7. The second-order valence-electron chi connectivity index (χ2n) is 5.23. The van der Waals surface area contributed by atoms with Gasteiger partial charge in [-0.3, -0.25) is 14.9 Å². The van der Waals surface area contributed by atoms with E-state index in [0.29, 0.717) is 0 Å². The third-order valence-corrected chi connectivity index (χ3v) is 4.92. The number of carbonyl (C=O) groups is 1. The number of hydrogen-bond donors (Lipinski definition) is 1. The summed E-state index contributed by atoms with van der Waals surface area (Å²) in [6.07, 6.45) is 0.225. The fourth-order valence-electron chi connectivity index (χ4n) is 2.12. The summed E-state index contributed by atoms with van der Waals surface area (Å²) in [5.41, 5.74) is 0.616. The van der Waals surface area contributed by atoms with Crippen LogP contribution in [-0.4, -0.2) is 25.2 Å². The van der Waals surface area contributed by atoms with Gasteiger partial charge in [-0.15, -0.1) is 0 Å². The molecule has 7 nitrogen and oxygen atoms in total. The number of nitrogens with zero attached hydrogens (tertiary/aromatic N) is 1. The molecule has 0 bridgehead atoms. The molecule has 0 aliphatic heterocycles. The van der Waals surface area contributed by atoms with Gasteiger partial charge in [0.25, 0.3) is 5.69 Å². The Bertz CT molecular complexity index is 833. The van der Waals surface area contributed by atoms with Gasteiger partial charge in [-0.1, -0.05) is 30.3 Å². The lowest BCUT2D eigenvalue weighted by Crippen LogP contribution is -2.41. The van der Waals surface area contributed by atoms with Gasteiger partial charge < -0.3 is 0 Å². The standard InChI is InChI=1S/C16H16N2O5S/c1-12(19)16(11-13-5-3-2-4-6-13)17-24(22,23)15-9-7-14(8-10-15)18(20)21/h2-10,16-17H,11H2,1H3/t16-/m1/s1. The number of sulfonamides is 1. The van der Waals surface area contributed by atoms with Crippen LogP contribution < -0.4 is 4.72 Å². The smallest absolute Gasteiger partial charge is 0.269 e. The largest absolute Gasteiger partial charge is 0.298 e. The molecule has 126 valence electrons. The van der Waals surface area contributed by atoms with Crippen LogP contribution in [0.25, 0.3) is 0 Å². The molecule has 0 aromatic heterocycles. The number of benzene rings is 2. The first-order valence-corrected chi connectivity index (χ1v) is 8.59. The molecule has 0 fully saturated rings. The fourth-order valence-corrected chi connectivity index (χ4v) is 3.37. The van der Waals surface area contributed by atoms with Crippen LogP contribution in [0.15, 0.2) is 59.5 Å². The lowest BCUT2D eigenvalue weighted by molar-refractivity contribution is -0.384. The quantitative estimate of drug-likeness (QED) is 0.609. The Morgan fingerprint density at radius 2 is 1.71 bits per heavy atom. The maximum absolute atomic E-state index is 12.4. The normalized spacial score (nSPS) is 12.5. The summed E-state index contributed by atoms with van der Waals surface area (Å²) in [5, 5.41) is 10.6. The molecule has 0 spiro atoms. The van der Waals surface area contributed by atoms with E-state index < -0.39 is 21.0 Å². The predicted molar refractivity (Wildman–Crippen MR) is 88.0 cm³/mol. The highest BCUT2D eigenvalue weighted by Crippen LogP contribution is 2.16. The van der Waals surface area contributed by atoms with E-state index in [1.54, 1.807) is 24.3 Å². The minimum Gasteiger partial charge on any atom is -0.298 e. The SMILES string of the molecule is CC(=O)[C@@H](Cc1ccccc1)NS(=O)(=O)c1ccc([N+](=O)[O-])cc1. The van der Waals surface area contributed by atoms with Gasteiger partial charge >= 0.3 is 0 Å². The Hall–Kier alpha value is -2.58. The Morgan fingerprint density at radius 1 is 1.12 bits per heavy atom. The second-order valence-corrected chi connectivity index (χ2v) is 6.94. The van der Waals surface area contributed by atoms with Gasteiger partial charge in [0, 0.05) is 12.1 Å². The highest BCUT2D eigenvalue weighted by Gasteiger charge is 2.24. The van der Waals surface area contributed by atoms with Crippen molar-refractivity contribution in [3.05, 3.63) is 70.3 Å². The van der Waals surface area contributed by atoms with Crippen LogP contribution in [0.5, 0.6) is 0 Å². The maximum atomic E-state index is 12.4. The van der Waals surface area contributed by atoms with E-state index in [1.165, 1.54) is 6.92 Å². The highest BCUT2D eigenvalue weighted by atomic mass is 32.2. The van der Waals surface area contributed by atoms with E-state index in [4.69, 9.17) is 0 Å². The average Bonchev–Trinajstić information content (AvgIpc) is 2.55.